The van der Waals surface area contributed by atoms with Gasteiger partial charge in [-0.2, -0.15) is 0 Å². The maximum Gasteiger partial charge on any atom is 0.312 e. The fraction of sp³-hybridized carbons (Fsp3) is 0.0588. The Hall–Kier alpha value is -2.06. The number of aliphatic imine (C=N–C) groups is 1. The molecule has 0 amide bonds. The van der Waals surface area contributed by atoms with Gasteiger partial charge in [-0.1, -0.05) is 11.6 Å². The third-order valence-electron chi connectivity index (χ3n) is 3.19. The van der Waals surface area contributed by atoms with Gasteiger partial charge in [0.25, 0.3) is 0 Å². The number of methoxy groups -OCH3 is 1. The highest BCUT2D eigenvalue weighted by molar-refractivity contribution is 14.1. The van der Waals surface area contributed by atoms with Crippen molar-refractivity contribution in [1.82, 2.24) is 4.98 Å². The quantitative estimate of drug-likeness (QED) is 0.442. The first kappa shape index (κ1) is 16.8. The lowest BCUT2D eigenvalue weighted by Crippen LogP contribution is -1.88. The highest BCUT2D eigenvalue weighted by atomic mass is 127. The largest absolute Gasteiger partial charge is 0.496 e. The minimum Gasteiger partial charge on any atom is -0.496 e. The molecule has 1 N–H and O–H groups in total. The van der Waals surface area contributed by atoms with Crippen molar-refractivity contribution in [2.24, 2.45) is 4.99 Å². The summed E-state index contributed by atoms with van der Waals surface area (Å²) in [6, 6.07) is 12.7. The first-order chi connectivity index (χ1) is 11.6. The monoisotopic (exact) mass is 454 g/mol. The molecule has 7 heteroatoms. The van der Waals surface area contributed by atoms with Crippen molar-refractivity contribution in [3.63, 3.8) is 0 Å². The van der Waals surface area contributed by atoms with E-state index < -0.39 is 0 Å². The van der Waals surface area contributed by atoms with E-state index in [1.165, 1.54) is 13.3 Å². The van der Waals surface area contributed by atoms with E-state index in [1.807, 2.05) is 24.3 Å². The molecule has 0 unspecified atom stereocenters. The molecule has 0 aliphatic carbocycles. The number of aromatic hydroxyl groups is 1. The number of benzene rings is 2. The third kappa shape index (κ3) is 3.70. The van der Waals surface area contributed by atoms with Crippen LogP contribution in [0.1, 0.15) is 5.69 Å². The summed E-state index contributed by atoms with van der Waals surface area (Å²) >= 11 is 8.23. The summed E-state index contributed by atoms with van der Waals surface area (Å²) in [4.78, 5) is 8.53. The fourth-order valence-electron chi connectivity index (χ4n) is 2.03. The summed E-state index contributed by atoms with van der Waals surface area (Å²) in [5.74, 6) is 0.430. The van der Waals surface area contributed by atoms with Crippen molar-refractivity contribution >= 4 is 46.1 Å². The molecule has 0 saturated carbocycles. The molecular formula is C17H12ClIN2O3. The fourth-order valence-corrected chi connectivity index (χ4v) is 2.57. The summed E-state index contributed by atoms with van der Waals surface area (Å²) in [6.07, 6.45) is 1.45. The predicted octanol–water partition coefficient (Wildman–Crippen LogP) is 5.06. The molecule has 1 heterocycles. The Labute approximate surface area is 157 Å². The molecule has 0 fully saturated rings. The second-order valence-corrected chi connectivity index (χ2v) is 6.47. The summed E-state index contributed by atoms with van der Waals surface area (Å²) in [7, 11) is 1.54. The lowest BCUT2D eigenvalue weighted by atomic mass is 10.2. The summed E-state index contributed by atoms with van der Waals surface area (Å²) in [5.41, 5.74) is 1.53. The Kier molecular flexibility index (Phi) is 5.06. The van der Waals surface area contributed by atoms with Gasteiger partial charge in [-0.15, -0.1) is 0 Å². The molecule has 0 radical (unpaired) electrons. The van der Waals surface area contributed by atoms with Crippen LogP contribution in [0.15, 0.2) is 51.9 Å². The highest BCUT2D eigenvalue weighted by Crippen LogP contribution is 2.34. The minimum absolute atomic E-state index is 0.205. The van der Waals surface area contributed by atoms with Crippen molar-refractivity contribution in [1.29, 1.82) is 0 Å². The first-order valence-electron chi connectivity index (χ1n) is 6.90. The minimum atomic E-state index is -0.318. The number of rotatable bonds is 4. The van der Waals surface area contributed by atoms with Crippen LogP contribution in [0, 0.1) is 3.57 Å². The molecule has 2 aromatic carbocycles. The van der Waals surface area contributed by atoms with Gasteiger partial charge in [0.15, 0.2) is 5.69 Å². The van der Waals surface area contributed by atoms with Crippen LogP contribution in [0.25, 0.3) is 11.5 Å². The molecule has 0 aliphatic heterocycles. The second-order valence-electron chi connectivity index (χ2n) is 4.79. The number of nitrogens with zero attached hydrogens (tertiary/aromatic N) is 2. The van der Waals surface area contributed by atoms with Crippen molar-refractivity contribution in [2.45, 2.75) is 0 Å². The predicted molar refractivity (Wildman–Crippen MR) is 102 cm³/mol. The lowest BCUT2D eigenvalue weighted by molar-refractivity contribution is 0.336. The molecule has 0 spiro atoms. The molecule has 1 aromatic heterocycles. The molecule has 5 nitrogen and oxygen atoms in total. The molecule has 3 rings (SSSR count). The number of hydrogen-bond acceptors (Lipinski definition) is 5. The van der Waals surface area contributed by atoms with E-state index in [0.29, 0.717) is 16.3 Å². The van der Waals surface area contributed by atoms with Crippen LogP contribution in [0.3, 0.4) is 0 Å². The van der Waals surface area contributed by atoms with Crippen molar-refractivity contribution in [3.8, 4) is 23.1 Å². The SMILES string of the molecule is COc1ccc(Cl)cc1-c1nc(C=Nc2ccc(I)cc2)c(O)o1. The highest BCUT2D eigenvalue weighted by Gasteiger charge is 2.16. The Balaban J connectivity index is 1.93. The van der Waals surface area contributed by atoms with Crippen LogP contribution in [-0.4, -0.2) is 23.4 Å². The van der Waals surface area contributed by atoms with Crippen molar-refractivity contribution < 1.29 is 14.3 Å². The second kappa shape index (κ2) is 7.23. The van der Waals surface area contributed by atoms with Gasteiger partial charge in [-0.05, 0) is 65.1 Å². The average molecular weight is 455 g/mol. The van der Waals surface area contributed by atoms with Gasteiger partial charge in [0.2, 0.25) is 5.89 Å². The first-order valence-corrected chi connectivity index (χ1v) is 8.36. The molecular weight excluding hydrogens is 443 g/mol. The van der Waals surface area contributed by atoms with Crippen molar-refractivity contribution in [2.75, 3.05) is 7.11 Å². The van der Waals surface area contributed by atoms with Gasteiger partial charge in [0.1, 0.15) is 5.75 Å². The Morgan fingerprint density at radius 2 is 2.00 bits per heavy atom. The van der Waals surface area contributed by atoms with Gasteiger partial charge >= 0.3 is 5.95 Å². The van der Waals surface area contributed by atoms with Crippen LogP contribution in [0.5, 0.6) is 11.7 Å². The van der Waals surface area contributed by atoms with Crippen LogP contribution < -0.4 is 4.74 Å². The Morgan fingerprint density at radius 1 is 1.25 bits per heavy atom. The zero-order chi connectivity index (χ0) is 17.1. The van der Waals surface area contributed by atoms with Gasteiger partial charge in [0, 0.05) is 8.59 Å². The smallest absolute Gasteiger partial charge is 0.312 e. The zero-order valence-corrected chi connectivity index (χ0v) is 15.4. The van der Waals surface area contributed by atoms with E-state index in [1.54, 1.807) is 18.2 Å². The zero-order valence-electron chi connectivity index (χ0n) is 12.5. The molecule has 0 bridgehead atoms. The number of hydrogen-bond donors (Lipinski definition) is 1. The van der Waals surface area contributed by atoms with E-state index in [-0.39, 0.29) is 17.5 Å². The number of ether oxygens (including phenoxy) is 1. The average Bonchev–Trinajstić information content (AvgIpc) is 2.95. The topological polar surface area (TPSA) is 67.9 Å². The Morgan fingerprint density at radius 3 is 2.71 bits per heavy atom. The molecule has 24 heavy (non-hydrogen) atoms. The van der Waals surface area contributed by atoms with E-state index in [4.69, 9.17) is 20.8 Å². The van der Waals surface area contributed by atoms with Gasteiger partial charge in [0.05, 0.1) is 24.6 Å². The standard InChI is InChI=1S/C17H12ClIN2O3/c1-23-15-7-2-10(18)8-13(15)16-21-14(17(22)24-16)9-20-12-5-3-11(19)4-6-12/h2-9,22H,1H3. The maximum atomic E-state index is 9.95. The maximum absolute atomic E-state index is 9.95. The number of halogens is 2. The normalized spacial score (nSPS) is 11.1. The van der Waals surface area contributed by atoms with E-state index in [0.717, 1.165) is 9.26 Å². The van der Waals surface area contributed by atoms with Gasteiger partial charge in [-0.3, -0.25) is 4.99 Å². The molecule has 122 valence electrons. The molecule has 0 atom stereocenters. The summed E-state index contributed by atoms with van der Waals surface area (Å²) in [6.45, 7) is 0. The van der Waals surface area contributed by atoms with Crippen LogP contribution in [0.2, 0.25) is 5.02 Å². The number of aromatic nitrogens is 1. The van der Waals surface area contributed by atoms with E-state index in [2.05, 4.69) is 32.6 Å². The number of oxazole rings is 1. The van der Waals surface area contributed by atoms with Crippen LogP contribution >= 0.6 is 34.2 Å². The Bertz CT molecular complexity index is 891. The van der Waals surface area contributed by atoms with Crippen LogP contribution in [0.4, 0.5) is 5.69 Å². The third-order valence-corrected chi connectivity index (χ3v) is 4.14. The summed E-state index contributed by atoms with van der Waals surface area (Å²) < 4.78 is 11.7. The van der Waals surface area contributed by atoms with Crippen molar-refractivity contribution in [3.05, 3.63) is 56.8 Å². The van der Waals surface area contributed by atoms with Gasteiger partial charge < -0.3 is 14.3 Å². The van der Waals surface area contributed by atoms with Crippen LogP contribution in [-0.2, 0) is 0 Å². The van der Waals surface area contributed by atoms with Gasteiger partial charge in [-0.25, -0.2) is 4.98 Å². The summed E-state index contributed by atoms with van der Waals surface area (Å²) in [5, 5.41) is 10.5. The molecule has 0 saturated heterocycles. The van der Waals surface area contributed by atoms with E-state index in [9.17, 15) is 5.11 Å². The lowest BCUT2D eigenvalue weighted by Gasteiger charge is -2.04. The molecule has 0 aliphatic rings. The van der Waals surface area contributed by atoms with E-state index >= 15 is 0 Å². The molecule has 3 aromatic rings.